The summed E-state index contributed by atoms with van der Waals surface area (Å²) in [6, 6.07) is 4.71. The summed E-state index contributed by atoms with van der Waals surface area (Å²) >= 11 is 0. The maximum atomic E-state index is 13.1. The maximum Gasteiger partial charge on any atom is 0.220 e. The molecule has 0 radical (unpaired) electrons. The molecule has 0 spiro atoms. The molecular formula is C10H11FN2O. The van der Waals surface area contributed by atoms with Crippen molar-refractivity contribution in [3.05, 3.63) is 29.6 Å². The van der Waals surface area contributed by atoms with Crippen LogP contribution in [0, 0.1) is 5.82 Å². The Kier molecular flexibility index (Phi) is 2.11. The van der Waals surface area contributed by atoms with Crippen LogP contribution in [-0.4, -0.2) is 12.5 Å². The number of rotatable bonds is 1. The highest BCUT2D eigenvalue weighted by molar-refractivity contribution is 5.79. The van der Waals surface area contributed by atoms with E-state index in [-0.39, 0.29) is 17.5 Å². The second-order valence-corrected chi connectivity index (χ2v) is 3.49. The van der Waals surface area contributed by atoms with Gasteiger partial charge in [0.15, 0.2) is 0 Å². The van der Waals surface area contributed by atoms with Gasteiger partial charge in [-0.15, -0.1) is 0 Å². The predicted molar refractivity (Wildman–Crippen MR) is 51.2 cm³/mol. The molecule has 0 bridgehead atoms. The van der Waals surface area contributed by atoms with Gasteiger partial charge in [-0.1, -0.05) is 6.07 Å². The molecule has 1 atom stereocenters. The molecule has 1 aliphatic rings. The summed E-state index contributed by atoms with van der Waals surface area (Å²) in [5.41, 5.74) is 6.33. The number of halogens is 1. The first kappa shape index (κ1) is 8.99. The third-order valence-electron chi connectivity index (χ3n) is 2.47. The van der Waals surface area contributed by atoms with E-state index in [2.05, 4.69) is 5.32 Å². The van der Waals surface area contributed by atoms with Crippen molar-refractivity contribution in [1.29, 1.82) is 0 Å². The van der Waals surface area contributed by atoms with Crippen molar-refractivity contribution >= 4 is 11.6 Å². The Balaban J connectivity index is 2.24. The molecule has 1 aliphatic heterocycles. The first-order chi connectivity index (χ1) is 6.66. The lowest BCUT2D eigenvalue weighted by Crippen LogP contribution is -2.13. The first-order valence-corrected chi connectivity index (χ1v) is 4.48. The van der Waals surface area contributed by atoms with Crippen LogP contribution >= 0.6 is 0 Å². The molecular weight excluding hydrogens is 183 g/mol. The molecule has 74 valence electrons. The zero-order chi connectivity index (χ0) is 10.1. The molecule has 1 saturated heterocycles. The summed E-state index contributed by atoms with van der Waals surface area (Å²) < 4.78 is 13.1. The van der Waals surface area contributed by atoms with Crippen molar-refractivity contribution in [1.82, 2.24) is 5.32 Å². The van der Waals surface area contributed by atoms with Gasteiger partial charge in [-0.2, -0.15) is 0 Å². The van der Waals surface area contributed by atoms with Crippen LogP contribution < -0.4 is 11.1 Å². The highest BCUT2D eigenvalue weighted by atomic mass is 19.1. The number of nitrogen functional groups attached to an aromatic ring is 1. The monoisotopic (exact) mass is 194 g/mol. The van der Waals surface area contributed by atoms with E-state index in [9.17, 15) is 9.18 Å². The average molecular weight is 194 g/mol. The molecule has 1 aromatic rings. The van der Waals surface area contributed by atoms with Gasteiger partial charge in [0.25, 0.3) is 0 Å². The topological polar surface area (TPSA) is 55.1 Å². The van der Waals surface area contributed by atoms with Gasteiger partial charge < -0.3 is 11.1 Å². The van der Waals surface area contributed by atoms with E-state index in [1.807, 2.05) is 0 Å². The quantitative estimate of drug-likeness (QED) is 0.655. The fraction of sp³-hybridized carbons (Fsp3) is 0.300. The molecule has 3 nitrogen and oxygen atoms in total. The Morgan fingerprint density at radius 1 is 1.50 bits per heavy atom. The van der Waals surface area contributed by atoms with Crippen molar-refractivity contribution in [3.63, 3.8) is 0 Å². The van der Waals surface area contributed by atoms with Gasteiger partial charge in [0.2, 0.25) is 5.91 Å². The largest absolute Gasteiger partial charge is 0.396 e. The van der Waals surface area contributed by atoms with Crippen molar-refractivity contribution in [2.45, 2.75) is 12.3 Å². The minimum Gasteiger partial charge on any atom is -0.396 e. The lowest BCUT2D eigenvalue weighted by atomic mass is 9.98. The normalized spacial score (nSPS) is 20.9. The van der Waals surface area contributed by atoms with E-state index in [1.165, 1.54) is 12.1 Å². The van der Waals surface area contributed by atoms with E-state index in [1.54, 1.807) is 6.07 Å². The Labute approximate surface area is 81.1 Å². The smallest absolute Gasteiger partial charge is 0.220 e. The molecule has 1 aromatic carbocycles. The second-order valence-electron chi connectivity index (χ2n) is 3.49. The molecule has 1 fully saturated rings. The number of hydrogen-bond donors (Lipinski definition) is 2. The van der Waals surface area contributed by atoms with E-state index in [0.717, 1.165) is 5.56 Å². The van der Waals surface area contributed by atoms with Gasteiger partial charge >= 0.3 is 0 Å². The Morgan fingerprint density at radius 2 is 2.29 bits per heavy atom. The summed E-state index contributed by atoms with van der Waals surface area (Å²) in [6.07, 6.45) is 0.434. The van der Waals surface area contributed by atoms with Crippen LogP contribution in [0.4, 0.5) is 10.1 Å². The molecule has 4 heteroatoms. The molecule has 1 heterocycles. The number of carbonyl (C=O) groups is 1. The van der Waals surface area contributed by atoms with Crippen molar-refractivity contribution in [2.75, 3.05) is 12.3 Å². The molecule has 14 heavy (non-hydrogen) atoms. The minimum absolute atomic E-state index is 0.0206. The molecule has 2 rings (SSSR count). The summed E-state index contributed by atoms with van der Waals surface area (Å²) in [5.74, 6) is -0.313. The Hall–Kier alpha value is -1.58. The average Bonchev–Trinajstić information content (AvgIpc) is 2.57. The zero-order valence-corrected chi connectivity index (χ0v) is 7.59. The number of hydrogen-bond acceptors (Lipinski definition) is 2. The van der Waals surface area contributed by atoms with Crippen molar-refractivity contribution in [2.24, 2.45) is 0 Å². The number of nitrogens with two attached hydrogens (primary N) is 1. The lowest BCUT2D eigenvalue weighted by molar-refractivity contribution is -0.119. The Morgan fingerprint density at radius 3 is 2.86 bits per heavy atom. The van der Waals surface area contributed by atoms with Gasteiger partial charge in [-0.05, 0) is 17.7 Å². The lowest BCUT2D eigenvalue weighted by Gasteiger charge is -2.08. The number of amides is 1. The van der Waals surface area contributed by atoms with Crippen LogP contribution in [-0.2, 0) is 4.79 Å². The number of nitrogens with one attached hydrogen (secondary N) is 1. The SMILES string of the molecule is Nc1ccc([C@@H]2CNC(=O)C2)cc1F. The molecule has 0 aromatic heterocycles. The van der Waals surface area contributed by atoms with Crippen molar-refractivity contribution in [3.8, 4) is 0 Å². The third-order valence-corrected chi connectivity index (χ3v) is 2.47. The molecule has 0 saturated carbocycles. The van der Waals surface area contributed by atoms with Gasteiger partial charge in [-0.3, -0.25) is 4.79 Å². The molecule has 3 N–H and O–H groups in total. The van der Waals surface area contributed by atoms with Gasteiger partial charge in [0, 0.05) is 18.9 Å². The summed E-state index contributed by atoms with van der Waals surface area (Å²) in [6.45, 7) is 0.586. The maximum absolute atomic E-state index is 13.1. The highest BCUT2D eigenvalue weighted by Crippen LogP contribution is 2.25. The van der Waals surface area contributed by atoms with E-state index in [4.69, 9.17) is 5.73 Å². The Bertz CT molecular complexity index is 378. The van der Waals surface area contributed by atoms with Crippen LogP contribution in [0.3, 0.4) is 0 Å². The molecule has 0 aliphatic carbocycles. The van der Waals surface area contributed by atoms with Crippen LogP contribution in [0.1, 0.15) is 17.9 Å². The molecule has 0 unspecified atom stereocenters. The fourth-order valence-electron chi connectivity index (χ4n) is 1.64. The zero-order valence-electron chi connectivity index (χ0n) is 7.59. The minimum atomic E-state index is -0.415. The number of benzene rings is 1. The highest BCUT2D eigenvalue weighted by Gasteiger charge is 2.23. The standard InChI is InChI=1S/C10H11FN2O/c11-8-3-6(1-2-9(8)12)7-4-10(14)13-5-7/h1-3,7H,4-5,12H2,(H,13,14)/t7-/m0/s1. The predicted octanol–water partition coefficient (Wildman–Crippen LogP) is 1.01. The summed E-state index contributed by atoms with van der Waals surface area (Å²) in [4.78, 5) is 10.9. The number of carbonyl (C=O) groups excluding carboxylic acids is 1. The van der Waals surface area contributed by atoms with E-state index >= 15 is 0 Å². The fourth-order valence-corrected chi connectivity index (χ4v) is 1.64. The second kappa shape index (κ2) is 3.29. The van der Waals surface area contributed by atoms with Crippen LogP contribution in [0.25, 0.3) is 0 Å². The number of anilines is 1. The first-order valence-electron chi connectivity index (χ1n) is 4.48. The van der Waals surface area contributed by atoms with Gasteiger partial charge in [0.1, 0.15) is 5.82 Å². The molecule has 1 amide bonds. The van der Waals surface area contributed by atoms with E-state index in [0.29, 0.717) is 13.0 Å². The van der Waals surface area contributed by atoms with E-state index < -0.39 is 5.82 Å². The van der Waals surface area contributed by atoms with Crippen molar-refractivity contribution < 1.29 is 9.18 Å². The van der Waals surface area contributed by atoms with Crippen LogP contribution in [0.5, 0.6) is 0 Å². The van der Waals surface area contributed by atoms with Gasteiger partial charge in [-0.25, -0.2) is 4.39 Å². The summed E-state index contributed by atoms with van der Waals surface area (Å²) in [7, 11) is 0. The van der Waals surface area contributed by atoms with Crippen LogP contribution in [0.15, 0.2) is 18.2 Å². The van der Waals surface area contributed by atoms with Gasteiger partial charge in [0.05, 0.1) is 5.69 Å². The summed E-state index contributed by atoms with van der Waals surface area (Å²) in [5, 5.41) is 2.71. The third kappa shape index (κ3) is 1.55. The van der Waals surface area contributed by atoms with Crippen LogP contribution in [0.2, 0.25) is 0 Å².